The Morgan fingerprint density at radius 1 is 1.11 bits per heavy atom. The van der Waals surface area contributed by atoms with Crippen LogP contribution in [0.4, 0.5) is 4.79 Å². The zero-order valence-corrected chi connectivity index (χ0v) is 23.9. The number of carbonyl (C=O) groups excluding carboxylic acids is 1. The first kappa shape index (κ1) is 30.3. The number of hydrogen-bond donors (Lipinski definition) is 1. The predicted octanol–water partition coefficient (Wildman–Crippen LogP) is 5.31. The number of hydrogen-bond acceptors (Lipinski definition) is 6. The molecule has 38 heavy (non-hydrogen) atoms. The molecular formula is C29H44N2O6S. The lowest BCUT2D eigenvalue weighted by Crippen LogP contribution is -2.67. The third-order valence-electron chi connectivity index (χ3n) is 7.18. The van der Waals surface area contributed by atoms with Crippen molar-refractivity contribution in [2.75, 3.05) is 13.2 Å². The predicted molar refractivity (Wildman–Crippen MR) is 149 cm³/mol. The van der Waals surface area contributed by atoms with Crippen molar-refractivity contribution < 1.29 is 27.4 Å². The van der Waals surface area contributed by atoms with Gasteiger partial charge in [-0.05, 0) is 71.3 Å². The van der Waals surface area contributed by atoms with Crippen LogP contribution in [0.25, 0.3) is 0 Å². The maximum absolute atomic E-state index is 13.2. The molecule has 0 spiro atoms. The SMILES string of the molecule is C=CC[C@]1(NS(=O)(=O)C=C)CCCN(C(=O)OC(C)(C)C)[C@H]1COC1CCC(OCc2ccccc2)CC1. The number of rotatable bonds is 11. The second-order valence-corrected chi connectivity index (χ2v) is 12.9. The van der Waals surface area contributed by atoms with Crippen LogP contribution >= 0.6 is 0 Å². The van der Waals surface area contributed by atoms with E-state index in [9.17, 15) is 13.2 Å². The highest BCUT2D eigenvalue weighted by molar-refractivity contribution is 7.92. The molecule has 8 nitrogen and oxygen atoms in total. The number of nitrogens with zero attached hydrogens (tertiary/aromatic N) is 1. The molecule has 1 heterocycles. The molecule has 2 fully saturated rings. The molecule has 1 saturated carbocycles. The second kappa shape index (κ2) is 13.2. The average molecular weight is 549 g/mol. The van der Waals surface area contributed by atoms with Gasteiger partial charge in [0.05, 0.1) is 37.0 Å². The quantitative estimate of drug-likeness (QED) is 0.377. The Labute approximate surface area is 228 Å². The van der Waals surface area contributed by atoms with Gasteiger partial charge in [-0.2, -0.15) is 0 Å². The molecule has 2 atom stereocenters. The molecule has 212 valence electrons. The molecule has 1 amide bonds. The molecule has 1 aromatic rings. The molecule has 9 heteroatoms. The average Bonchev–Trinajstić information content (AvgIpc) is 2.87. The van der Waals surface area contributed by atoms with E-state index in [0.29, 0.717) is 32.4 Å². The Hall–Kier alpha value is -2.20. The van der Waals surface area contributed by atoms with Gasteiger partial charge >= 0.3 is 6.09 Å². The summed E-state index contributed by atoms with van der Waals surface area (Å²) < 4.78 is 46.3. The van der Waals surface area contributed by atoms with Gasteiger partial charge in [-0.25, -0.2) is 17.9 Å². The van der Waals surface area contributed by atoms with E-state index in [1.165, 1.54) is 0 Å². The van der Waals surface area contributed by atoms with Gasteiger partial charge in [0, 0.05) is 12.0 Å². The molecular weight excluding hydrogens is 504 g/mol. The summed E-state index contributed by atoms with van der Waals surface area (Å²) in [7, 11) is -3.78. The molecule has 0 aromatic heterocycles. The normalized spacial score (nSPS) is 26.5. The van der Waals surface area contributed by atoms with Gasteiger partial charge in [0.1, 0.15) is 5.60 Å². The lowest BCUT2D eigenvalue weighted by molar-refractivity contribution is -0.0714. The fourth-order valence-corrected chi connectivity index (χ4v) is 6.31. The number of carbonyl (C=O) groups is 1. The lowest BCUT2D eigenvalue weighted by Gasteiger charge is -2.49. The van der Waals surface area contributed by atoms with Crippen LogP contribution in [0.5, 0.6) is 0 Å². The Balaban J connectivity index is 1.70. The van der Waals surface area contributed by atoms with Crippen molar-refractivity contribution in [3.05, 3.63) is 60.5 Å². The van der Waals surface area contributed by atoms with E-state index in [1.54, 1.807) is 11.0 Å². The molecule has 1 aliphatic heterocycles. The van der Waals surface area contributed by atoms with Crippen molar-refractivity contribution >= 4 is 16.1 Å². The highest BCUT2D eigenvalue weighted by Gasteiger charge is 2.49. The minimum absolute atomic E-state index is 0.00595. The highest BCUT2D eigenvalue weighted by Crippen LogP contribution is 2.35. The number of amides is 1. The smallest absolute Gasteiger partial charge is 0.410 e. The maximum Gasteiger partial charge on any atom is 0.410 e. The standard InChI is InChI=1S/C29H44N2O6S/c1-6-18-29(30-38(33,34)7-2)19-11-20-31(27(32)37-28(3,4)5)26(29)22-36-25-16-14-24(15-17-25)35-21-23-12-9-8-10-13-23/h6-10,12-13,24-26,30H,1-2,11,14-22H2,3-5H3/t24?,25?,26-,29-/m0/s1. The highest BCUT2D eigenvalue weighted by atomic mass is 32.2. The number of sulfonamides is 1. The summed E-state index contributed by atoms with van der Waals surface area (Å²) >= 11 is 0. The van der Waals surface area contributed by atoms with E-state index in [4.69, 9.17) is 14.2 Å². The number of piperidine rings is 1. The topological polar surface area (TPSA) is 94.2 Å². The van der Waals surface area contributed by atoms with Gasteiger partial charge in [-0.15, -0.1) is 6.58 Å². The van der Waals surface area contributed by atoms with Crippen molar-refractivity contribution in [1.29, 1.82) is 0 Å². The molecule has 2 aliphatic rings. The molecule has 3 rings (SSSR count). The lowest BCUT2D eigenvalue weighted by atomic mass is 9.79. The van der Waals surface area contributed by atoms with Gasteiger partial charge in [-0.1, -0.05) is 43.0 Å². The Morgan fingerprint density at radius 2 is 1.74 bits per heavy atom. The number of ether oxygens (including phenoxy) is 3. The summed E-state index contributed by atoms with van der Waals surface area (Å²) in [5.74, 6) is 0. The molecule has 1 N–H and O–H groups in total. The maximum atomic E-state index is 13.2. The Morgan fingerprint density at radius 3 is 2.32 bits per heavy atom. The fourth-order valence-electron chi connectivity index (χ4n) is 5.34. The van der Waals surface area contributed by atoms with E-state index < -0.39 is 33.3 Å². The number of benzene rings is 1. The number of nitrogens with one attached hydrogen (secondary N) is 1. The van der Waals surface area contributed by atoms with Crippen molar-refractivity contribution in [2.24, 2.45) is 0 Å². The third-order valence-corrected chi connectivity index (χ3v) is 8.31. The summed E-state index contributed by atoms with van der Waals surface area (Å²) in [6.07, 6.45) is 6.35. The monoisotopic (exact) mass is 548 g/mol. The van der Waals surface area contributed by atoms with Gasteiger partial charge in [0.15, 0.2) is 0 Å². The van der Waals surface area contributed by atoms with Gasteiger partial charge in [0.2, 0.25) is 10.0 Å². The first-order chi connectivity index (χ1) is 18.0. The zero-order chi connectivity index (χ0) is 27.8. The van der Waals surface area contributed by atoms with Crippen LogP contribution in [-0.2, 0) is 30.8 Å². The molecule has 1 saturated heterocycles. The summed E-state index contributed by atoms with van der Waals surface area (Å²) in [6, 6.07) is 9.57. The van der Waals surface area contributed by atoms with Gasteiger partial charge in [-0.3, -0.25) is 0 Å². The summed E-state index contributed by atoms with van der Waals surface area (Å²) in [5, 5.41) is 0.902. The Kier molecular flexibility index (Phi) is 10.6. The molecule has 0 unspecified atom stereocenters. The van der Waals surface area contributed by atoms with E-state index in [-0.39, 0.29) is 18.8 Å². The fraction of sp³-hybridized carbons (Fsp3) is 0.621. The van der Waals surface area contributed by atoms with Crippen LogP contribution in [0.3, 0.4) is 0 Å². The number of likely N-dealkylation sites (tertiary alicyclic amines) is 1. The van der Waals surface area contributed by atoms with Crippen molar-refractivity contribution in [3.8, 4) is 0 Å². The largest absolute Gasteiger partial charge is 0.444 e. The van der Waals surface area contributed by atoms with E-state index in [2.05, 4.69) is 30.0 Å². The minimum Gasteiger partial charge on any atom is -0.444 e. The summed E-state index contributed by atoms with van der Waals surface area (Å²) in [6.45, 7) is 14.0. The second-order valence-electron chi connectivity index (χ2n) is 11.3. The zero-order valence-electron chi connectivity index (χ0n) is 23.1. The van der Waals surface area contributed by atoms with Crippen LogP contribution in [0.1, 0.15) is 71.3 Å². The third kappa shape index (κ3) is 8.66. The van der Waals surface area contributed by atoms with Crippen molar-refractivity contribution in [2.45, 2.75) is 102 Å². The van der Waals surface area contributed by atoms with Crippen LogP contribution in [0, 0.1) is 0 Å². The van der Waals surface area contributed by atoms with Crippen LogP contribution in [0.2, 0.25) is 0 Å². The van der Waals surface area contributed by atoms with Gasteiger partial charge in [0.25, 0.3) is 0 Å². The first-order valence-corrected chi connectivity index (χ1v) is 15.1. The van der Waals surface area contributed by atoms with Crippen molar-refractivity contribution in [1.82, 2.24) is 9.62 Å². The summed E-state index contributed by atoms with van der Waals surface area (Å²) in [4.78, 5) is 14.9. The minimum atomic E-state index is -3.78. The molecule has 1 aliphatic carbocycles. The van der Waals surface area contributed by atoms with Crippen LogP contribution < -0.4 is 4.72 Å². The Bertz CT molecular complexity index is 1030. The van der Waals surface area contributed by atoms with Crippen molar-refractivity contribution in [3.63, 3.8) is 0 Å². The van der Waals surface area contributed by atoms with Crippen LogP contribution in [0.15, 0.2) is 55.0 Å². The molecule has 0 bridgehead atoms. The van der Waals surface area contributed by atoms with E-state index in [0.717, 1.165) is 36.7 Å². The van der Waals surface area contributed by atoms with E-state index >= 15 is 0 Å². The summed E-state index contributed by atoms with van der Waals surface area (Å²) in [5.41, 5.74) is -0.495. The first-order valence-electron chi connectivity index (χ1n) is 13.5. The van der Waals surface area contributed by atoms with Crippen LogP contribution in [-0.4, -0.2) is 62.0 Å². The molecule has 0 radical (unpaired) electrons. The van der Waals surface area contributed by atoms with Gasteiger partial charge < -0.3 is 19.1 Å². The van der Waals surface area contributed by atoms with E-state index in [1.807, 2.05) is 39.0 Å². The molecule has 1 aromatic carbocycles.